The van der Waals surface area contributed by atoms with E-state index in [0.717, 1.165) is 11.1 Å². The van der Waals surface area contributed by atoms with Crippen molar-refractivity contribution in [1.82, 2.24) is 4.90 Å². The lowest BCUT2D eigenvalue weighted by atomic mass is 10.1. The van der Waals surface area contributed by atoms with Crippen LogP contribution in [0.2, 0.25) is 0 Å². The lowest BCUT2D eigenvalue weighted by Gasteiger charge is -2.17. The van der Waals surface area contributed by atoms with Gasteiger partial charge in [0.2, 0.25) is 5.76 Å². The van der Waals surface area contributed by atoms with Crippen LogP contribution in [-0.4, -0.2) is 30.4 Å². The van der Waals surface area contributed by atoms with Crippen LogP contribution < -0.4 is 4.74 Å². The summed E-state index contributed by atoms with van der Waals surface area (Å²) in [6, 6.07) is 20.4. The van der Waals surface area contributed by atoms with Crippen molar-refractivity contribution in [2.45, 2.75) is 20.1 Å². The number of para-hydroxylation sites is 1. The molecule has 0 aliphatic rings. The molecule has 1 aromatic heterocycles. The van der Waals surface area contributed by atoms with E-state index in [4.69, 9.17) is 13.9 Å². The smallest absolute Gasteiger partial charge is 0.374 e. The molecule has 0 unspecified atom stereocenters. The summed E-state index contributed by atoms with van der Waals surface area (Å²) in [6.07, 6.45) is 0. The molecule has 0 fully saturated rings. The van der Waals surface area contributed by atoms with Gasteiger partial charge in [0.1, 0.15) is 18.1 Å². The second-order valence-corrected chi connectivity index (χ2v) is 6.68. The third kappa shape index (κ3) is 5.97. The Bertz CT molecular complexity index is 947. The van der Waals surface area contributed by atoms with Crippen LogP contribution in [0.25, 0.3) is 0 Å². The van der Waals surface area contributed by atoms with Crippen LogP contribution in [0.5, 0.6) is 5.75 Å². The van der Waals surface area contributed by atoms with Crippen molar-refractivity contribution in [3.8, 4) is 5.75 Å². The maximum atomic E-state index is 12.2. The molecule has 0 atom stereocenters. The number of likely N-dealkylation sites (N-methyl/N-ethyl adjacent to an activating group) is 1. The van der Waals surface area contributed by atoms with Crippen molar-refractivity contribution in [2.24, 2.45) is 0 Å². The summed E-state index contributed by atoms with van der Waals surface area (Å²) in [4.78, 5) is 25.9. The summed E-state index contributed by atoms with van der Waals surface area (Å²) in [7, 11) is 1.67. The number of hydrogen-bond donors (Lipinski definition) is 0. The van der Waals surface area contributed by atoms with Gasteiger partial charge in [0.15, 0.2) is 6.61 Å². The van der Waals surface area contributed by atoms with Gasteiger partial charge in [-0.3, -0.25) is 4.79 Å². The fourth-order valence-electron chi connectivity index (χ4n) is 2.60. The molecule has 3 rings (SSSR count). The molecule has 0 spiro atoms. The first-order chi connectivity index (χ1) is 14.0. The summed E-state index contributed by atoms with van der Waals surface area (Å²) in [6.45, 7) is 2.29. The van der Waals surface area contributed by atoms with E-state index in [1.165, 1.54) is 11.0 Å². The molecule has 0 saturated heterocycles. The standard InChI is InChI=1S/C23H23NO5/c1-17-8-10-18(11-9-17)14-24(2)22(25)16-28-23(26)21-13-12-20(29-21)15-27-19-6-4-3-5-7-19/h3-13H,14-16H2,1-2H3. The van der Waals surface area contributed by atoms with E-state index in [1.54, 1.807) is 13.1 Å². The lowest BCUT2D eigenvalue weighted by Crippen LogP contribution is -2.30. The Labute approximate surface area is 169 Å². The molecule has 0 radical (unpaired) electrons. The maximum Gasteiger partial charge on any atom is 0.374 e. The average Bonchev–Trinajstić information content (AvgIpc) is 3.22. The Hall–Kier alpha value is -3.54. The highest BCUT2D eigenvalue weighted by molar-refractivity contribution is 5.88. The van der Waals surface area contributed by atoms with Crippen molar-refractivity contribution in [2.75, 3.05) is 13.7 Å². The van der Waals surface area contributed by atoms with Crippen molar-refractivity contribution in [3.63, 3.8) is 0 Å². The molecule has 0 saturated carbocycles. The first kappa shape index (κ1) is 20.2. The minimum Gasteiger partial charge on any atom is -0.486 e. The van der Waals surface area contributed by atoms with E-state index in [9.17, 15) is 9.59 Å². The van der Waals surface area contributed by atoms with Crippen LogP contribution >= 0.6 is 0 Å². The summed E-state index contributed by atoms with van der Waals surface area (Å²) in [5.74, 6) is 0.246. The molecule has 6 heteroatoms. The Morgan fingerprint density at radius 1 is 0.966 bits per heavy atom. The van der Waals surface area contributed by atoms with Gasteiger partial charge in [-0.1, -0.05) is 48.0 Å². The minimum absolute atomic E-state index is 0.0330. The van der Waals surface area contributed by atoms with E-state index in [-0.39, 0.29) is 24.9 Å². The molecule has 0 aliphatic heterocycles. The van der Waals surface area contributed by atoms with Crippen LogP contribution in [0.1, 0.15) is 27.4 Å². The van der Waals surface area contributed by atoms with Gasteiger partial charge < -0.3 is 18.8 Å². The highest BCUT2D eigenvalue weighted by atomic mass is 16.6. The number of nitrogens with zero attached hydrogens (tertiary/aromatic N) is 1. The average molecular weight is 393 g/mol. The topological polar surface area (TPSA) is 69.0 Å². The molecule has 1 heterocycles. The van der Waals surface area contributed by atoms with Gasteiger partial charge in [-0.15, -0.1) is 0 Å². The normalized spacial score (nSPS) is 10.4. The summed E-state index contributed by atoms with van der Waals surface area (Å²) in [5.41, 5.74) is 2.16. The molecule has 3 aromatic rings. The van der Waals surface area contributed by atoms with Gasteiger partial charge >= 0.3 is 5.97 Å². The monoisotopic (exact) mass is 393 g/mol. The Balaban J connectivity index is 1.45. The van der Waals surface area contributed by atoms with Gasteiger partial charge in [0, 0.05) is 13.6 Å². The number of carbonyl (C=O) groups excluding carboxylic acids is 2. The van der Waals surface area contributed by atoms with Gasteiger partial charge in [-0.2, -0.15) is 0 Å². The van der Waals surface area contributed by atoms with E-state index < -0.39 is 5.97 Å². The third-order valence-corrected chi connectivity index (χ3v) is 4.28. The van der Waals surface area contributed by atoms with Crippen molar-refractivity contribution >= 4 is 11.9 Å². The summed E-state index contributed by atoms with van der Waals surface area (Å²) >= 11 is 0. The zero-order valence-electron chi connectivity index (χ0n) is 16.5. The van der Waals surface area contributed by atoms with Crippen LogP contribution in [0.3, 0.4) is 0 Å². The van der Waals surface area contributed by atoms with E-state index in [0.29, 0.717) is 18.1 Å². The lowest BCUT2D eigenvalue weighted by molar-refractivity contribution is -0.133. The number of benzene rings is 2. The van der Waals surface area contributed by atoms with Crippen molar-refractivity contribution in [3.05, 3.63) is 89.4 Å². The zero-order chi connectivity index (χ0) is 20.6. The molecule has 0 aliphatic carbocycles. The van der Waals surface area contributed by atoms with Crippen LogP contribution in [0, 0.1) is 6.92 Å². The third-order valence-electron chi connectivity index (χ3n) is 4.28. The van der Waals surface area contributed by atoms with Gasteiger partial charge in [-0.05, 0) is 36.8 Å². The summed E-state index contributed by atoms with van der Waals surface area (Å²) < 4.78 is 16.1. The molecule has 6 nitrogen and oxygen atoms in total. The fourth-order valence-corrected chi connectivity index (χ4v) is 2.60. The number of furan rings is 1. The molecule has 0 N–H and O–H groups in total. The first-order valence-corrected chi connectivity index (χ1v) is 9.24. The molecule has 0 bridgehead atoms. The summed E-state index contributed by atoms with van der Waals surface area (Å²) in [5, 5.41) is 0. The molecule has 2 aromatic carbocycles. The molecule has 29 heavy (non-hydrogen) atoms. The van der Waals surface area contributed by atoms with Crippen LogP contribution in [-0.2, 0) is 22.7 Å². The second-order valence-electron chi connectivity index (χ2n) is 6.68. The molecule has 150 valence electrons. The zero-order valence-corrected chi connectivity index (χ0v) is 16.5. The van der Waals surface area contributed by atoms with Gasteiger partial charge in [-0.25, -0.2) is 4.79 Å². The Morgan fingerprint density at radius 2 is 1.69 bits per heavy atom. The molecular formula is C23H23NO5. The Kier molecular flexibility index (Phi) is 6.68. The number of amides is 1. The fraction of sp³-hybridized carbons (Fsp3) is 0.217. The van der Waals surface area contributed by atoms with E-state index in [2.05, 4.69) is 0 Å². The Morgan fingerprint density at radius 3 is 2.41 bits per heavy atom. The predicted octanol–water partition coefficient (Wildman–Crippen LogP) is 3.98. The number of carbonyl (C=O) groups is 2. The SMILES string of the molecule is Cc1ccc(CN(C)C(=O)COC(=O)c2ccc(COc3ccccc3)o2)cc1. The molecule has 1 amide bonds. The van der Waals surface area contributed by atoms with Crippen molar-refractivity contribution < 1.29 is 23.5 Å². The second kappa shape index (κ2) is 9.59. The number of hydrogen-bond acceptors (Lipinski definition) is 5. The largest absolute Gasteiger partial charge is 0.486 e. The number of esters is 1. The van der Waals surface area contributed by atoms with Crippen LogP contribution in [0.15, 0.2) is 71.1 Å². The van der Waals surface area contributed by atoms with E-state index in [1.807, 2.05) is 61.5 Å². The first-order valence-electron chi connectivity index (χ1n) is 9.24. The minimum atomic E-state index is -0.687. The predicted molar refractivity (Wildman–Crippen MR) is 107 cm³/mol. The van der Waals surface area contributed by atoms with Crippen molar-refractivity contribution in [1.29, 1.82) is 0 Å². The quantitative estimate of drug-likeness (QED) is 0.542. The number of aryl methyl sites for hydroxylation is 1. The maximum absolute atomic E-state index is 12.2. The molecular weight excluding hydrogens is 370 g/mol. The van der Waals surface area contributed by atoms with Gasteiger partial charge in [0.25, 0.3) is 5.91 Å². The highest BCUT2D eigenvalue weighted by Gasteiger charge is 2.17. The number of rotatable bonds is 8. The van der Waals surface area contributed by atoms with Gasteiger partial charge in [0.05, 0.1) is 0 Å². The van der Waals surface area contributed by atoms with Crippen LogP contribution in [0.4, 0.5) is 0 Å². The number of ether oxygens (including phenoxy) is 2. The van der Waals surface area contributed by atoms with E-state index >= 15 is 0 Å². The highest BCUT2D eigenvalue weighted by Crippen LogP contribution is 2.14.